The molecule has 0 aliphatic heterocycles. The zero-order chi connectivity index (χ0) is 11.8. The smallest absolute Gasteiger partial charge is 0.0424 e. The van der Waals surface area contributed by atoms with Crippen LogP contribution in [0.4, 0.5) is 0 Å². The Morgan fingerprint density at radius 1 is 1.12 bits per heavy atom. The first-order valence-corrected chi connectivity index (χ1v) is 5.52. The van der Waals surface area contributed by atoms with Crippen LogP contribution in [0.5, 0.6) is 0 Å². The SMILES string of the molecule is C=CCN(CC=C)C[C@@H](N)c1ccccc1. The third-order valence-electron chi connectivity index (χ3n) is 2.46. The fraction of sp³-hybridized carbons (Fsp3) is 0.286. The molecule has 2 N–H and O–H groups in total. The van der Waals surface area contributed by atoms with Crippen molar-refractivity contribution in [3.05, 3.63) is 61.2 Å². The lowest BCUT2D eigenvalue weighted by Gasteiger charge is -2.23. The van der Waals surface area contributed by atoms with E-state index in [0.29, 0.717) is 0 Å². The summed E-state index contributed by atoms with van der Waals surface area (Å²) in [5.74, 6) is 0. The fourth-order valence-electron chi connectivity index (χ4n) is 1.67. The summed E-state index contributed by atoms with van der Waals surface area (Å²) < 4.78 is 0. The van der Waals surface area contributed by atoms with Gasteiger partial charge in [-0.3, -0.25) is 4.90 Å². The van der Waals surface area contributed by atoms with Crippen LogP contribution < -0.4 is 5.73 Å². The van der Waals surface area contributed by atoms with Gasteiger partial charge in [0.2, 0.25) is 0 Å². The topological polar surface area (TPSA) is 29.3 Å². The molecule has 0 radical (unpaired) electrons. The molecule has 86 valence electrons. The highest BCUT2D eigenvalue weighted by Gasteiger charge is 2.09. The van der Waals surface area contributed by atoms with Crippen LogP contribution in [0, 0.1) is 0 Å². The monoisotopic (exact) mass is 216 g/mol. The van der Waals surface area contributed by atoms with Crippen molar-refractivity contribution in [3.63, 3.8) is 0 Å². The molecule has 0 saturated heterocycles. The minimum absolute atomic E-state index is 0.0427. The highest BCUT2D eigenvalue weighted by Crippen LogP contribution is 2.10. The summed E-state index contributed by atoms with van der Waals surface area (Å²) in [5.41, 5.74) is 7.31. The first-order chi connectivity index (χ1) is 7.77. The van der Waals surface area contributed by atoms with Crippen molar-refractivity contribution in [2.75, 3.05) is 19.6 Å². The van der Waals surface area contributed by atoms with E-state index in [1.807, 2.05) is 30.4 Å². The predicted octanol–water partition coefficient (Wildman–Crippen LogP) is 2.36. The molecule has 2 nitrogen and oxygen atoms in total. The lowest BCUT2D eigenvalue weighted by atomic mass is 10.1. The van der Waals surface area contributed by atoms with Crippen LogP contribution in [0.1, 0.15) is 11.6 Å². The summed E-state index contributed by atoms with van der Waals surface area (Å²) in [4.78, 5) is 2.22. The molecular formula is C14H20N2. The van der Waals surface area contributed by atoms with Crippen molar-refractivity contribution in [3.8, 4) is 0 Å². The van der Waals surface area contributed by atoms with Crippen molar-refractivity contribution in [1.82, 2.24) is 4.90 Å². The Morgan fingerprint density at radius 3 is 2.19 bits per heavy atom. The Morgan fingerprint density at radius 2 is 1.69 bits per heavy atom. The lowest BCUT2D eigenvalue weighted by molar-refractivity contribution is 0.313. The summed E-state index contributed by atoms with van der Waals surface area (Å²) in [5, 5.41) is 0. The minimum atomic E-state index is 0.0427. The number of benzene rings is 1. The van der Waals surface area contributed by atoms with Crippen LogP contribution in [0.2, 0.25) is 0 Å². The molecule has 0 bridgehead atoms. The van der Waals surface area contributed by atoms with Crippen molar-refractivity contribution in [2.24, 2.45) is 5.73 Å². The van der Waals surface area contributed by atoms with E-state index in [1.165, 1.54) is 5.56 Å². The van der Waals surface area contributed by atoms with Crippen molar-refractivity contribution in [1.29, 1.82) is 0 Å². The van der Waals surface area contributed by atoms with Gasteiger partial charge in [0.1, 0.15) is 0 Å². The van der Waals surface area contributed by atoms with Crippen molar-refractivity contribution >= 4 is 0 Å². The second-order valence-electron chi connectivity index (χ2n) is 3.81. The maximum atomic E-state index is 6.15. The van der Waals surface area contributed by atoms with E-state index in [1.54, 1.807) is 0 Å². The minimum Gasteiger partial charge on any atom is -0.323 e. The standard InChI is InChI=1S/C14H20N2/c1-3-10-16(11-4-2)12-14(15)13-8-6-5-7-9-13/h3-9,14H,1-2,10-12,15H2/t14-/m1/s1. The molecule has 0 amide bonds. The molecule has 1 atom stereocenters. The predicted molar refractivity (Wildman–Crippen MR) is 70.2 cm³/mol. The van der Waals surface area contributed by atoms with Crippen molar-refractivity contribution in [2.45, 2.75) is 6.04 Å². The van der Waals surface area contributed by atoms with Crippen LogP contribution in [0.3, 0.4) is 0 Å². The van der Waals surface area contributed by atoms with E-state index in [2.05, 4.69) is 30.2 Å². The summed E-state index contributed by atoms with van der Waals surface area (Å²) in [6.45, 7) is 9.99. The van der Waals surface area contributed by atoms with Crippen molar-refractivity contribution < 1.29 is 0 Å². The molecule has 1 aromatic carbocycles. The number of nitrogens with zero attached hydrogens (tertiary/aromatic N) is 1. The number of rotatable bonds is 7. The zero-order valence-corrected chi connectivity index (χ0v) is 9.68. The van der Waals surface area contributed by atoms with Gasteiger partial charge in [0.25, 0.3) is 0 Å². The van der Waals surface area contributed by atoms with E-state index in [-0.39, 0.29) is 6.04 Å². The van der Waals surface area contributed by atoms with E-state index >= 15 is 0 Å². The van der Waals surface area contributed by atoms with Gasteiger partial charge in [0.05, 0.1) is 0 Å². The van der Waals surface area contributed by atoms with Gasteiger partial charge in [-0.25, -0.2) is 0 Å². The Bertz CT molecular complexity index is 309. The van der Waals surface area contributed by atoms with Crippen LogP contribution in [-0.2, 0) is 0 Å². The second-order valence-corrected chi connectivity index (χ2v) is 3.81. The summed E-state index contributed by atoms with van der Waals surface area (Å²) in [7, 11) is 0. The Labute approximate surface area is 98.1 Å². The van der Waals surface area contributed by atoms with Gasteiger partial charge in [-0.05, 0) is 5.56 Å². The molecule has 0 saturated carbocycles. The van der Waals surface area contributed by atoms with Gasteiger partial charge in [0.15, 0.2) is 0 Å². The fourth-order valence-corrected chi connectivity index (χ4v) is 1.67. The molecule has 0 aliphatic carbocycles. The average molecular weight is 216 g/mol. The Kier molecular flexibility index (Phi) is 5.54. The number of nitrogens with two attached hydrogens (primary N) is 1. The molecule has 2 heteroatoms. The zero-order valence-electron chi connectivity index (χ0n) is 9.68. The van der Waals surface area contributed by atoms with Gasteiger partial charge in [-0.2, -0.15) is 0 Å². The molecule has 0 aliphatic rings. The van der Waals surface area contributed by atoms with Crippen LogP contribution >= 0.6 is 0 Å². The molecule has 1 aromatic rings. The highest BCUT2D eigenvalue weighted by molar-refractivity contribution is 5.18. The summed E-state index contributed by atoms with van der Waals surface area (Å²) in [6, 6.07) is 10.2. The Balaban J connectivity index is 2.57. The quantitative estimate of drug-likeness (QED) is 0.709. The summed E-state index contributed by atoms with van der Waals surface area (Å²) >= 11 is 0. The van der Waals surface area contributed by atoms with Gasteiger partial charge in [0, 0.05) is 25.7 Å². The first kappa shape index (κ1) is 12.7. The van der Waals surface area contributed by atoms with Crippen LogP contribution in [0.15, 0.2) is 55.6 Å². The number of hydrogen-bond donors (Lipinski definition) is 1. The molecule has 16 heavy (non-hydrogen) atoms. The number of hydrogen-bond acceptors (Lipinski definition) is 2. The van der Waals surface area contributed by atoms with E-state index in [0.717, 1.165) is 19.6 Å². The van der Waals surface area contributed by atoms with Crippen LogP contribution in [0.25, 0.3) is 0 Å². The Hall–Kier alpha value is -1.38. The average Bonchev–Trinajstić information content (AvgIpc) is 2.31. The first-order valence-electron chi connectivity index (χ1n) is 5.52. The molecule has 0 spiro atoms. The van der Waals surface area contributed by atoms with Gasteiger partial charge in [-0.15, -0.1) is 13.2 Å². The molecule has 0 unspecified atom stereocenters. The van der Waals surface area contributed by atoms with Gasteiger partial charge < -0.3 is 5.73 Å². The van der Waals surface area contributed by atoms with E-state index < -0.39 is 0 Å². The molecule has 1 rings (SSSR count). The highest BCUT2D eigenvalue weighted by atomic mass is 15.1. The molecule has 0 heterocycles. The lowest BCUT2D eigenvalue weighted by Crippen LogP contribution is -2.32. The maximum absolute atomic E-state index is 6.15. The normalized spacial score (nSPS) is 12.4. The van der Waals surface area contributed by atoms with E-state index in [4.69, 9.17) is 5.73 Å². The maximum Gasteiger partial charge on any atom is 0.0424 e. The third kappa shape index (κ3) is 4.01. The van der Waals surface area contributed by atoms with Crippen LogP contribution in [-0.4, -0.2) is 24.5 Å². The second kappa shape index (κ2) is 6.99. The van der Waals surface area contributed by atoms with Gasteiger partial charge in [-0.1, -0.05) is 42.5 Å². The molecule has 0 fully saturated rings. The van der Waals surface area contributed by atoms with E-state index in [9.17, 15) is 0 Å². The third-order valence-corrected chi connectivity index (χ3v) is 2.46. The molecular weight excluding hydrogens is 196 g/mol. The van der Waals surface area contributed by atoms with Gasteiger partial charge >= 0.3 is 0 Å². The molecule has 0 aromatic heterocycles. The largest absolute Gasteiger partial charge is 0.323 e. The summed E-state index contributed by atoms with van der Waals surface area (Å²) in [6.07, 6.45) is 3.78.